The molecule has 0 radical (unpaired) electrons. The summed E-state index contributed by atoms with van der Waals surface area (Å²) in [6.07, 6.45) is 1.83. The molecule has 1 atom stereocenters. The Bertz CT molecular complexity index is 459. The molecule has 0 spiro atoms. The van der Waals surface area contributed by atoms with Crippen LogP contribution in [-0.4, -0.2) is 23.6 Å². The fourth-order valence-electron chi connectivity index (χ4n) is 1.21. The van der Waals surface area contributed by atoms with Gasteiger partial charge in [-0.15, -0.1) is 0 Å². The van der Waals surface area contributed by atoms with Crippen LogP contribution in [0, 0.1) is 0 Å². The van der Waals surface area contributed by atoms with Crippen molar-refractivity contribution in [2.75, 3.05) is 4.72 Å². The lowest BCUT2D eigenvalue weighted by atomic mass is 10.3. The van der Waals surface area contributed by atoms with Crippen LogP contribution in [-0.2, 0) is 10.0 Å². The molecule has 7 heteroatoms. The minimum Gasteiger partial charge on any atom is -0.392 e. The largest absolute Gasteiger partial charge is 0.392 e. The van der Waals surface area contributed by atoms with Gasteiger partial charge >= 0.3 is 0 Å². The second-order valence-corrected chi connectivity index (χ2v) is 5.50. The minimum atomic E-state index is -3.60. The van der Waals surface area contributed by atoms with Crippen molar-refractivity contribution >= 4 is 33.0 Å². The first kappa shape index (κ1) is 12.9. The molecule has 16 heavy (non-hydrogen) atoms. The molecule has 1 aromatic heterocycles. The predicted molar refractivity (Wildman–Crippen MR) is 67.6 cm³/mol. The van der Waals surface area contributed by atoms with Gasteiger partial charge in [0, 0.05) is 6.20 Å². The smallest absolute Gasteiger partial charge is 0.243 e. The Hall–Kier alpha value is -1.21. The first-order valence-corrected chi connectivity index (χ1v) is 6.65. The van der Waals surface area contributed by atoms with Crippen molar-refractivity contribution in [1.82, 2.24) is 4.98 Å². The third-order valence-corrected chi connectivity index (χ3v) is 4.24. The number of rotatable bonds is 5. The second kappa shape index (κ2) is 5.22. The van der Waals surface area contributed by atoms with E-state index in [0.717, 1.165) is 0 Å². The number of thiocarbonyl (C=S) groups is 1. The number of nitrogens with zero attached hydrogens (tertiary/aromatic N) is 1. The fraction of sp³-hybridized carbons (Fsp3) is 0.333. The van der Waals surface area contributed by atoms with E-state index in [1.807, 2.05) is 0 Å². The highest BCUT2D eigenvalue weighted by atomic mass is 32.2. The minimum absolute atomic E-state index is 0.0362. The molecule has 0 saturated heterocycles. The molecule has 0 fully saturated rings. The third-order valence-electron chi connectivity index (χ3n) is 1.97. The summed E-state index contributed by atoms with van der Waals surface area (Å²) in [4.78, 5) is 3.83. The number of anilines is 1. The Labute approximate surface area is 100 Å². The highest BCUT2D eigenvalue weighted by molar-refractivity contribution is 7.95. The summed E-state index contributed by atoms with van der Waals surface area (Å²) in [5.74, 6) is 0.261. The summed E-state index contributed by atoms with van der Waals surface area (Å²) in [5, 5.41) is -0.871. The number of nitrogens with two attached hydrogens (primary N) is 1. The van der Waals surface area contributed by atoms with Crippen molar-refractivity contribution in [3.05, 3.63) is 24.4 Å². The zero-order chi connectivity index (χ0) is 12.2. The van der Waals surface area contributed by atoms with E-state index >= 15 is 0 Å². The average Bonchev–Trinajstić information content (AvgIpc) is 2.18. The number of hydrogen-bond acceptors (Lipinski definition) is 4. The fourth-order valence-corrected chi connectivity index (χ4v) is 3.06. The summed E-state index contributed by atoms with van der Waals surface area (Å²) in [5.41, 5.74) is 5.38. The zero-order valence-electron chi connectivity index (χ0n) is 8.75. The number of aromatic nitrogens is 1. The predicted octanol–water partition coefficient (Wildman–Crippen LogP) is 0.888. The molecule has 0 aliphatic carbocycles. The molecule has 0 amide bonds. The quantitative estimate of drug-likeness (QED) is 0.767. The van der Waals surface area contributed by atoms with Gasteiger partial charge in [-0.05, 0) is 18.6 Å². The van der Waals surface area contributed by atoms with Crippen LogP contribution in [0.1, 0.15) is 13.3 Å². The average molecular weight is 259 g/mol. The van der Waals surface area contributed by atoms with Crippen LogP contribution in [0.25, 0.3) is 0 Å². The van der Waals surface area contributed by atoms with Crippen LogP contribution in [0.2, 0.25) is 0 Å². The summed E-state index contributed by atoms with van der Waals surface area (Å²) >= 11 is 4.72. The Morgan fingerprint density at radius 3 is 2.75 bits per heavy atom. The second-order valence-electron chi connectivity index (χ2n) is 3.16. The van der Waals surface area contributed by atoms with Gasteiger partial charge in [0.1, 0.15) is 11.1 Å². The highest BCUT2D eigenvalue weighted by Gasteiger charge is 2.26. The number of pyridine rings is 1. The van der Waals surface area contributed by atoms with Crippen molar-refractivity contribution in [3.63, 3.8) is 0 Å². The Balaban J connectivity index is 2.91. The van der Waals surface area contributed by atoms with E-state index in [1.54, 1.807) is 25.1 Å². The molecule has 0 saturated carbocycles. The topological polar surface area (TPSA) is 85.1 Å². The molecule has 0 aliphatic rings. The van der Waals surface area contributed by atoms with Gasteiger partial charge < -0.3 is 5.73 Å². The first-order chi connectivity index (χ1) is 7.47. The van der Waals surface area contributed by atoms with Crippen molar-refractivity contribution in [2.45, 2.75) is 18.6 Å². The lowest BCUT2D eigenvalue weighted by Gasteiger charge is -2.15. The molecule has 3 N–H and O–H groups in total. The molecule has 1 heterocycles. The van der Waals surface area contributed by atoms with E-state index in [1.165, 1.54) is 6.20 Å². The molecule has 0 aromatic carbocycles. The molecule has 1 unspecified atom stereocenters. The van der Waals surface area contributed by atoms with Crippen molar-refractivity contribution in [1.29, 1.82) is 0 Å². The summed E-state index contributed by atoms with van der Waals surface area (Å²) in [7, 11) is -3.60. The third kappa shape index (κ3) is 3.14. The lowest BCUT2D eigenvalue weighted by Crippen LogP contribution is -2.37. The maximum absolute atomic E-state index is 11.9. The molecule has 1 rings (SSSR count). The van der Waals surface area contributed by atoms with Gasteiger partial charge in [0.15, 0.2) is 0 Å². The molecule has 1 aromatic rings. The number of sulfonamides is 1. The van der Waals surface area contributed by atoms with E-state index in [9.17, 15) is 8.42 Å². The monoisotopic (exact) mass is 259 g/mol. The summed E-state index contributed by atoms with van der Waals surface area (Å²) < 4.78 is 26.1. The van der Waals surface area contributed by atoms with Crippen LogP contribution >= 0.6 is 12.2 Å². The van der Waals surface area contributed by atoms with E-state index < -0.39 is 15.3 Å². The van der Waals surface area contributed by atoms with E-state index in [2.05, 4.69) is 9.71 Å². The van der Waals surface area contributed by atoms with Gasteiger partial charge in [-0.25, -0.2) is 13.4 Å². The van der Waals surface area contributed by atoms with Crippen LogP contribution in [0.3, 0.4) is 0 Å². The van der Waals surface area contributed by atoms with Gasteiger partial charge in [0.25, 0.3) is 0 Å². The maximum atomic E-state index is 11.9. The van der Waals surface area contributed by atoms with E-state index in [-0.39, 0.29) is 10.8 Å². The van der Waals surface area contributed by atoms with Crippen LogP contribution in [0.5, 0.6) is 0 Å². The molecular weight excluding hydrogens is 246 g/mol. The van der Waals surface area contributed by atoms with Crippen LogP contribution < -0.4 is 10.5 Å². The Morgan fingerprint density at radius 1 is 1.62 bits per heavy atom. The Kier molecular flexibility index (Phi) is 4.19. The first-order valence-electron chi connectivity index (χ1n) is 4.69. The highest BCUT2D eigenvalue weighted by Crippen LogP contribution is 2.11. The lowest BCUT2D eigenvalue weighted by molar-refractivity contribution is 0.594. The zero-order valence-corrected chi connectivity index (χ0v) is 10.4. The van der Waals surface area contributed by atoms with Gasteiger partial charge in [-0.1, -0.05) is 25.2 Å². The van der Waals surface area contributed by atoms with E-state index in [4.69, 9.17) is 18.0 Å². The number of hydrogen-bond donors (Lipinski definition) is 2. The molecule has 88 valence electrons. The van der Waals surface area contributed by atoms with Crippen LogP contribution in [0.4, 0.5) is 5.82 Å². The molecule has 5 nitrogen and oxygen atoms in total. The van der Waals surface area contributed by atoms with Gasteiger partial charge in [0.05, 0.1) is 4.99 Å². The normalized spacial score (nSPS) is 13.1. The molecule has 0 aliphatic heterocycles. The van der Waals surface area contributed by atoms with Crippen molar-refractivity contribution < 1.29 is 8.42 Å². The SMILES string of the molecule is CCC(C(N)=S)S(=O)(=O)Nc1ccccn1. The van der Waals surface area contributed by atoms with Crippen LogP contribution in [0.15, 0.2) is 24.4 Å². The maximum Gasteiger partial charge on any atom is 0.243 e. The molecule has 0 bridgehead atoms. The van der Waals surface area contributed by atoms with Crippen molar-refractivity contribution in [3.8, 4) is 0 Å². The standard InChI is InChI=1S/C9H13N3O2S2/c1-2-7(9(10)15)16(13,14)12-8-5-3-4-6-11-8/h3-7H,2H2,1H3,(H2,10,15)(H,11,12). The van der Waals surface area contributed by atoms with E-state index in [0.29, 0.717) is 6.42 Å². The van der Waals surface area contributed by atoms with Gasteiger partial charge in [0.2, 0.25) is 10.0 Å². The summed E-state index contributed by atoms with van der Waals surface area (Å²) in [6, 6.07) is 4.94. The van der Waals surface area contributed by atoms with Gasteiger partial charge in [-0.2, -0.15) is 0 Å². The van der Waals surface area contributed by atoms with Crippen molar-refractivity contribution in [2.24, 2.45) is 5.73 Å². The Morgan fingerprint density at radius 2 is 2.31 bits per heavy atom. The summed E-state index contributed by atoms with van der Waals surface area (Å²) in [6.45, 7) is 1.71. The van der Waals surface area contributed by atoms with Gasteiger partial charge in [-0.3, -0.25) is 4.72 Å². The number of nitrogens with one attached hydrogen (secondary N) is 1. The molecular formula is C9H13N3O2S2.